The molecule has 5 heteroatoms. The zero-order valence-corrected chi connectivity index (χ0v) is 13.9. The van der Waals surface area contributed by atoms with E-state index in [-0.39, 0.29) is 19.1 Å². The zero-order chi connectivity index (χ0) is 16.6. The van der Waals surface area contributed by atoms with Gasteiger partial charge in [-0.1, -0.05) is 32.9 Å². The third-order valence-electron chi connectivity index (χ3n) is 3.21. The summed E-state index contributed by atoms with van der Waals surface area (Å²) in [5.74, 6) is 0.606. The van der Waals surface area contributed by atoms with E-state index in [9.17, 15) is 9.90 Å². The Balaban J connectivity index is 2.47. The van der Waals surface area contributed by atoms with Crippen molar-refractivity contribution in [3.63, 3.8) is 0 Å². The second-order valence-electron chi connectivity index (χ2n) is 6.30. The van der Waals surface area contributed by atoms with E-state index in [1.165, 1.54) is 5.56 Å². The Morgan fingerprint density at radius 2 is 1.91 bits per heavy atom. The van der Waals surface area contributed by atoms with Crippen LogP contribution >= 0.6 is 0 Å². The molecule has 1 rings (SSSR count). The van der Waals surface area contributed by atoms with Crippen molar-refractivity contribution in [2.75, 3.05) is 26.9 Å². The van der Waals surface area contributed by atoms with Crippen molar-refractivity contribution in [2.24, 2.45) is 5.41 Å². The van der Waals surface area contributed by atoms with E-state index >= 15 is 0 Å². The number of carbonyl (C=O) groups is 1. The number of hydrogen-bond acceptors (Lipinski definition) is 4. The number of amides is 1. The first kappa shape index (κ1) is 18.5. The molecule has 0 saturated heterocycles. The summed E-state index contributed by atoms with van der Waals surface area (Å²) in [6.45, 7) is 6.25. The molecule has 1 amide bonds. The Bertz CT molecular complexity index is 451. The van der Waals surface area contributed by atoms with Gasteiger partial charge in [0.2, 0.25) is 5.91 Å². The molecule has 0 unspecified atom stereocenters. The highest BCUT2D eigenvalue weighted by Crippen LogP contribution is 2.15. The predicted octanol–water partition coefficient (Wildman–Crippen LogP) is 1.78. The Morgan fingerprint density at radius 3 is 2.41 bits per heavy atom. The lowest BCUT2D eigenvalue weighted by Gasteiger charge is -2.23. The SMILES string of the molecule is COCCc1ccc(OC[C@H](CO)NC(=O)C(C)(C)C)cc1. The zero-order valence-electron chi connectivity index (χ0n) is 13.9. The molecule has 1 aromatic carbocycles. The van der Waals surface area contributed by atoms with Crippen LogP contribution in [0.1, 0.15) is 26.3 Å². The van der Waals surface area contributed by atoms with Crippen LogP contribution in [0.5, 0.6) is 5.75 Å². The van der Waals surface area contributed by atoms with E-state index in [0.29, 0.717) is 12.4 Å². The van der Waals surface area contributed by atoms with E-state index < -0.39 is 11.5 Å². The fraction of sp³-hybridized carbons (Fsp3) is 0.588. The van der Waals surface area contributed by atoms with Gasteiger partial charge >= 0.3 is 0 Å². The molecule has 1 atom stereocenters. The van der Waals surface area contributed by atoms with Crippen molar-refractivity contribution in [1.82, 2.24) is 5.32 Å². The first-order valence-electron chi connectivity index (χ1n) is 7.49. The van der Waals surface area contributed by atoms with Crippen LogP contribution < -0.4 is 10.1 Å². The molecule has 0 aliphatic rings. The van der Waals surface area contributed by atoms with Crippen LogP contribution in [0.15, 0.2) is 24.3 Å². The van der Waals surface area contributed by atoms with Crippen LogP contribution in [-0.2, 0) is 16.0 Å². The van der Waals surface area contributed by atoms with Crippen molar-refractivity contribution in [3.8, 4) is 5.75 Å². The smallest absolute Gasteiger partial charge is 0.225 e. The van der Waals surface area contributed by atoms with Gasteiger partial charge in [0, 0.05) is 12.5 Å². The average molecular weight is 309 g/mol. The van der Waals surface area contributed by atoms with Gasteiger partial charge in [-0.2, -0.15) is 0 Å². The average Bonchev–Trinajstić information content (AvgIpc) is 2.49. The molecule has 0 heterocycles. The molecule has 0 radical (unpaired) electrons. The van der Waals surface area contributed by atoms with Crippen LogP contribution in [0.4, 0.5) is 0 Å². The molecular formula is C17H27NO4. The first-order valence-corrected chi connectivity index (χ1v) is 7.49. The summed E-state index contributed by atoms with van der Waals surface area (Å²) in [5, 5.41) is 12.1. The number of rotatable bonds is 8. The molecule has 0 spiro atoms. The van der Waals surface area contributed by atoms with Crippen molar-refractivity contribution in [2.45, 2.75) is 33.2 Å². The largest absolute Gasteiger partial charge is 0.491 e. The van der Waals surface area contributed by atoms with Crippen LogP contribution in [0.3, 0.4) is 0 Å². The van der Waals surface area contributed by atoms with E-state index in [2.05, 4.69) is 5.32 Å². The van der Waals surface area contributed by atoms with Gasteiger partial charge in [-0.3, -0.25) is 4.79 Å². The van der Waals surface area contributed by atoms with Crippen LogP contribution in [-0.4, -0.2) is 44.0 Å². The Labute approximate surface area is 132 Å². The summed E-state index contributed by atoms with van der Waals surface area (Å²) < 4.78 is 10.7. The second kappa shape index (κ2) is 8.76. The Hall–Kier alpha value is -1.59. The van der Waals surface area contributed by atoms with Gasteiger partial charge in [-0.15, -0.1) is 0 Å². The maximum absolute atomic E-state index is 11.9. The maximum atomic E-state index is 11.9. The predicted molar refractivity (Wildman–Crippen MR) is 86.0 cm³/mol. The number of ether oxygens (including phenoxy) is 2. The fourth-order valence-electron chi connectivity index (χ4n) is 1.71. The van der Waals surface area contributed by atoms with Crippen LogP contribution in [0.2, 0.25) is 0 Å². The molecule has 0 aliphatic heterocycles. The minimum atomic E-state index is -0.490. The first-order chi connectivity index (χ1) is 10.4. The number of nitrogens with one attached hydrogen (secondary N) is 1. The topological polar surface area (TPSA) is 67.8 Å². The molecular weight excluding hydrogens is 282 g/mol. The van der Waals surface area contributed by atoms with E-state index in [1.807, 2.05) is 45.0 Å². The summed E-state index contributed by atoms with van der Waals surface area (Å²) in [7, 11) is 1.68. The highest BCUT2D eigenvalue weighted by molar-refractivity contribution is 5.81. The fourth-order valence-corrected chi connectivity index (χ4v) is 1.71. The quantitative estimate of drug-likeness (QED) is 0.768. The minimum Gasteiger partial charge on any atom is -0.491 e. The number of aliphatic hydroxyl groups is 1. The highest BCUT2D eigenvalue weighted by atomic mass is 16.5. The monoisotopic (exact) mass is 309 g/mol. The second-order valence-corrected chi connectivity index (χ2v) is 6.30. The molecule has 0 saturated carbocycles. The van der Waals surface area contributed by atoms with Gasteiger partial charge in [-0.05, 0) is 24.1 Å². The minimum absolute atomic E-state index is 0.106. The van der Waals surface area contributed by atoms with Crippen molar-refractivity contribution in [3.05, 3.63) is 29.8 Å². The molecule has 124 valence electrons. The molecule has 2 N–H and O–H groups in total. The molecule has 0 aromatic heterocycles. The van der Waals surface area contributed by atoms with Crippen molar-refractivity contribution < 1.29 is 19.4 Å². The van der Waals surface area contributed by atoms with Gasteiger partial charge in [0.1, 0.15) is 12.4 Å². The van der Waals surface area contributed by atoms with Gasteiger partial charge in [0.05, 0.1) is 19.3 Å². The number of benzene rings is 1. The molecule has 0 aliphatic carbocycles. The Kier molecular flexibility index (Phi) is 7.35. The molecule has 22 heavy (non-hydrogen) atoms. The summed E-state index contributed by atoms with van der Waals surface area (Å²) >= 11 is 0. The summed E-state index contributed by atoms with van der Waals surface area (Å²) in [5.41, 5.74) is 0.685. The number of aliphatic hydroxyl groups excluding tert-OH is 1. The lowest BCUT2D eigenvalue weighted by molar-refractivity contribution is -0.129. The summed E-state index contributed by atoms with van der Waals surface area (Å²) in [6.07, 6.45) is 0.859. The van der Waals surface area contributed by atoms with Crippen LogP contribution in [0.25, 0.3) is 0 Å². The highest BCUT2D eigenvalue weighted by Gasteiger charge is 2.23. The van der Waals surface area contributed by atoms with Gasteiger partial charge in [0.15, 0.2) is 0 Å². The summed E-state index contributed by atoms with van der Waals surface area (Å²) in [4.78, 5) is 11.9. The van der Waals surface area contributed by atoms with E-state index in [1.54, 1.807) is 7.11 Å². The van der Waals surface area contributed by atoms with Gasteiger partial charge in [0.25, 0.3) is 0 Å². The Morgan fingerprint density at radius 1 is 1.27 bits per heavy atom. The van der Waals surface area contributed by atoms with Crippen LogP contribution in [0, 0.1) is 5.41 Å². The normalized spacial score (nSPS) is 12.8. The molecule has 1 aromatic rings. The van der Waals surface area contributed by atoms with Gasteiger partial charge < -0.3 is 19.9 Å². The standard InChI is InChI=1S/C17H27NO4/c1-17(2,3)16(20)18-14(11-19)12-22-15-7-5-13(6-8-15)9-10-21-4/h5-8,14,19H,9-12H2,1-4H3,(H,18,20)/t14-/m0/s1. The summed E-state index contributed by atoms with van der Waals surface area (Å²) in [6, 6.07) is 7.31. The third-order valence-corrected chi connectivity index (χ3v) is 3.21. The molecule has 0 bridgehead atoms. The number of carbonyl (C=O) groups excluding carboxylic acids is 1. The molecule has 5 nitrogen and oxygen atoms in total. The lowest BCUT2D eigenvalue weighted by Crippen LogP contribution is -2.46. The number of hydrogen-bond donors (Lipinski definition) is 2. The van der Waals surface area contributed by atoms with E-state index in [4.69, 9.17) is 9.47 Å². The number of methoxy groups -OCH3 is 1. The van der Waals surface area contributed by atoms with Crippen molar-refractivity contribution >= 4 is 5.91 Å². The van der Waals surface area contributed by atoms with Crippen molar-refractivity contribution in [1.29, 1.82) is 0 Å². The maximum Gasteiger partial charge on any atom is 0.225 e. The third kappa shape index (κ3) is 6.45. The van der Waals surface area contributed by atoms with Gasteiger partial charge in [-0.25, -0.2) is 0 Å². The molecule has 0 fully saturated rings. The lowest BCUT2D eigenvalue weighted by atomic mass is 9.95. The van der Waals surface area contributed by atoms with E-state index in [0.717, 1.165) is 6.42 Å².